The third kappa shape index (κ3) is 1.91. The number of amides is 2. The Hall–Kier alpha value is -1.26. The average molecular weight is 226 g/mol. The van der Waals surface area contributed by atoms with Crippen molar-refractivity contribution < 1.29 is 4.79 Å². The number of fused-ring (bicyclic) bond motifs is 1. The number of nitrogens with one attached hydrogen (secondary N) is 1. The number of hydrogen-bond donors (Lipinski definition) is 1. The molecule has 5 heteroatoms. The molecule has 4 nitrogen and oxygen atoms in total. The molecule has 1 aliphatic rings. The third-order valence-corrected chi connectivity index (χ3v) is 2.58. The SMILES string of the molecule is CN(C)N1Cc2cc(Cl)ccc2NC1=O. The predicted molar refractivity (Wildman–Crippen MR) is 59.7 cm³/mol. The van der Waals surface area contributed by atoms with Gasteiger partial charge in [-0.3, -0.25) is 5.01 Å². The quantitative estimate of drug-likeness (QED) is 0.795. The molecule has 1 aliphatic heterocycles. The number of benzene rings is 1. The second kappa shape index (κ2) is 3.72. The van der Waals surface area contributed by atoms with Gasteiger partial charge in [-0.2, -0.15) is 0 Å². The van der Waals surface area contributed by atoms with Crippen LogP contribution in [0.25, 0.3) is 0 Å². The van der Waals surface area contributed by atoms with Crippen LogP contribution in [0.3, 0.4) is 0 Å². The van der Waals surface area contributed by atoms with Crippen molar-refractivity contribution >= 4 is 23.3 Å². The van der Waals surface area contributed by atoms with E-state index in [2.05, 4.69) is 5.32 Å². The van der Waals surface area contributed by atoms with E-state index in [1.54, 1.807) is 16.1 Å². The maximum absolute atomic E-state index is 11.6. The van der Waals surface area contributed by atoms with Crippen molar-refractivity contribution in [3.05, 3.63) is 28.8 Å². The monoisotopic (exact) mass is 225 g/mol. The van der Waals surface area contributed by atoms with Crippen molar-refractivity contribution in [1.29, 1.82) is 0 Å². The molecule has 0 aliphatic carbocycles. The fourth-order valence-electron chi connectivity index (χ4n) is 1.55. The molecule has 0 fully saturated rings. The summed E-state index contributed by atoms with van der Waals surface area (Å²) in [7, 11) is 3.66. The Balaban J connectivity index is 2.34. The molecule has 15 heavy (non-hydrogen) atoms. The van der Waals surface area contributed by atoms with Gasteiger partial charge in [0.1, 0.15) is 0 Å². The molecule has 2 rings (SSSR count). The zero-order valence-corrected chi connectivity index (χ0v) is 9.38. The molecule has 80 valence electrons. The van der Waals surface area contributed by atoms with E-state index in [4.69, 9.17) is 11.6 Å². The Morgan fingerprint density at radius 1 is 1.47 bits per heavy atom. The maximum atomic E-state index is 11.6. The summed E-state index contributed by atoms with van der Waals surface area (Å²) >= 11 is 5.90. The van der Waals surface area contributed by atoms with Gasteiger partial charge in [-0.05, 0) is 23.8 Å². The van der Waals surface area contributed by atoms with Crippen LogP contribution >= 0.6 is 11.6 Å². The molecule has 0 bridgehead atoms. The highest BCUT2D eigenvalue weighted by Crippen LogP contribution is 2.26. The van der Waals surface area contributed by atoms with E-state index in [1.165, 1.54) is 0 Å². The molecule has 0 aromatic heterocycles. The maximum Gasteiger partial charge on any atom is 0.336 e. The van der Waals surface area contributed by atoms with E-state index in [9.17, 15) is 4.79 Å². The lowest BCUT2D eigenvalue weighted by Gasteiger charge is -2.33. The van der Waals surface area contributed by atoms with Crippen molar-refractivity contribution in [1.82, 2.24) is 10.0 Å². The summed E-state index contributed by atoms with van der Waals surface area (Å²) in [6.45, 7) is 0.550. The van der Waals surface area contributed by atoms with Crippen LogP contribution in [0.15, 0.2) is 18.2 Å². The Bertz CT molecular complexity index is 406. The van der Waals surface area contributed by atoms with Gasteiger partial charge in [0.05, 0.1) is 6.54 Å². The average Bonchev–Trinajstić information content (AvgIpc) is 2.17. The van der Waals surface area contributed by atoms with Crippen molar-refractivity contribution in [3.63, 3.8) is 0 Å². The Morgan fingerprint density at radius 2 is 2.20 bits per heavy atom. The van der Waals surface area contributed by atoms with Crippen LogP contribution in [-0.4, -0.2) is 30.1 Å². The molecule has 0 spiro atoms. The van der Waals surface area contributed by atoms with Crippen molar-refractivity contribution in [3.8, 4) is 0 Å². The van der Waals surface area contributed by atoms with Crippen LogP contribution in [0.4, 0.5) is 10.5 Å². The number of halogens is 1. The fraction of sp³-hybridized carbons (Fsp3) is 0.300. The van der Waals surface area contributed by atoms with E-state index in [-0.39, 0.29) is 6.03 Å². The van der Waals surface area contributed by atoms with Gasteiger partial charge in [0.2, 0.25) is 0 Å². The van der Waals surface area contributed by atoms with Crippen molar-refractivity contribution in [2.45, 2.75) is 6.54 Å². The van der Waals surface area contributed by atoms with Crippen LogP contribution in [-0.2, 0) is 6.54 Å². The van der Waals surface area contributed by atoms with Gasteiger partial charge >= 0.3 is 6.03 Å². The third-order valence-electron chi connectivity index (χ3n) is 2.35. The van der Waals surface area contributed by atoms with Crippen LogP contribution in [0, 0.1) is 0 Å². The number of hydrogen-bond acceptors (Lipinski definition) is 2. The highest BCUT2D eigenvalue weighted by Gasteiger charge is 2.23. The number of nitrogens with zero attached hydrogens (tertiary/aromatic N) is 2. The van der Waals surface area contributed by atoms with Gasteiger partial charge in [0, 0.05) is 24.8 Å². The summed E-state index contributed by atoms with van der Waals surface area (Å²) in [5.74, 6) is 0. The first-order chi connectivity index (χ1) is 7.08. The minimum absolute atomic E-state index is 0.116. The molecule has 1 heterocycles. The number of carbonyl (C=O) groups excluding carboxylic acids is 1. The summed E-state index contributed by atoms with van der Waals surface area (Å²) in [5, 5.41) is 6.85. The predicted octanol–water partition coefficient (Wildman–Crippen LogP) is 2.16. The van der Waals surface area contributed by atoms with Gasteiger partial charge in [-0.15, -0.1) is 0 Å². The van der Waals surface area contributed by atoms with Gasteiger partial charge in [-0.25, -0.2) is 9.80 Å². The first-order valence-electron chi connectivity index (χ1n) is 4.62. The lowest BCUT2D eigenvalue weighted by Crippen LogP contribution is -2.46. The summed E-state index contributed by atoms with van der Waals surface area (Å²) in [4.78, 5) is 11.6. The second-order valence-electron chi connectivity index (χ2n) is 3.64. The molecule has 1 aromatic rings. The van der Waals surface area contributed by atoms with Crippen LogP contribution in [0.2, 0.25) is 5.02 Å². The zero-order valence-electron chi connectivity index (χ0n) is 8.62. The topological polar surface area (TPSA) is 35.6 Å². The molecule has 0 saturated heterocycles. The molecule has 0 atom stereocenters. The first-order valence-corrected chi connectivity index (χ1v) is 5.00. The fourth-order valence-corrected chi connectivity index (χ4v) is 1.75. The van der Waals surface area contributed by atoms with E-state index in [0.717, 1.165) is 11.3 Å². The molecule has 1 N–H and O–H groups in total. The molecule has 2 amide bonds. The summed E-state index contributed by atoms with van der Waals surface area (Å²) in [5.41, 5.74) is 1.86. The molecule has 1 aromatic carbocycles. The Morgan fingerprint density at radius 3 is 2.87 bits per heavy atom. The summed E-state index contributed by atoms with van der Waals surface area (Å²) in [6, 6.07) is 5.34. The van der Waals surface area contributed by atoms with Gasteiger partial charge < -0.3 is 5.32 Å². The molecular formula is C10H12ClN3O. The summed E-state index contributed by atoms with van der Waals surface area (Å²) < 4.78 is 0. The van der Waals surface area contributed by atoms with Crippen molar-refractivity contribution in [2.24, 2.45) is 0 Å². The lowest BCUT2D eigenvalue weighted by molar-refractivity contribution is 0.0616. The normalized spacial score (nSPS) is 15.2. The van der Waals surface area contributed by atoms with Gasteiger partial charge in [-0.1, -0.05) is 11.6 Å². The number of urea groups is 1. The number of anilines is 1. The van der Waals surface area contributed by atoms with Gasteiger partial charge in [0.25, 0.3) is 0 Å². The highest BCUT2D eigenvalue weighted by atomic mass is 35.5. The number of hydrazine groups is 1. The molecule has 0 unspecified atom stereocenters. The van der Waals surface area contributed by atoms with E-state index < -0.39 is 0 Å². The van der Waals surface area contributed by atoms with Crippen LogP contribution < -0.4 is 5.32 Å². The Labute approximate surface area is 93.4 Å². The molecular weight excluding hydrogens is 214 g/mol. The largest absolute Gasteiger partial charge is 0.336 e. The smallest absolute Gasteiger partial charge is 0.306 e. The van der Waals surface area contributed by atoms with E-state index in [0.29, 0.717) is 11.6 Å². The van der Waals surface area contributed by atoms with Crippen LogP contribution in [0.5, 0.6) is 0 Å². The van der Waals surface area contributed by atoms with Gasteiger partial charge in [0.15, 0.2) is 0 Å². The van der Waals surface area contributed by atoms with E-state index >= 15 is 0 Å². The molecule has 0 saturated carbocycles. The zero-order chi connectivity index (χ0) is 11.0. The van der Waals surface area contributed by atoms with Crippen LogP contribution in [0.1, 0.15) is 5.56 Å². The highest BCUT2D eigenvalue weighted by molar-refractivity contribution is 6.30. The summed E-state index contributed by atoms with van der Waals surface area (Å²) in [6.07, 6.45) is 0. The van der Waals surface area contributed by atoms with Crippen molar-refractivity contribution in [2.75, 3.05) is 19.4 Å². The first kappa shape index (κ1) is 10.3. The lowest BCUT2D eigenvalue weighted by atomic mass is 10.1. The minimum atomic E-state index is -0.116. The Kier molecular flexibility index (Phi) is 2.54. The van der Waals surface area contributed by atoms with E-state index in [1.807, 2.05) is 26.2 Å². The minimum Gasteiger partial charge on any atom is -0.306 e. The number of carbonyl (C=O) groups is 1. The second-order valence-corrected chi connectivity index (χ2v) is 4.07. The standard InChI is InChI=1S/C10H12ClN3O/c1-13(2)14-6-7-5-8(11)3-4-9(7)12-10(14)15/h3-5H,6H2,1-2H3,(H,12,15). The molecule has 0 radical (unpaired) electrons. The number of rotatable bonds is 1.